The summed E-state index contributed by atoms with van der Waals surface area (Å²) < 4.78 is 0. The molecule has 4 rings (SSSR count). The molecule has 0 unspecified atom stereocenters. The number of fused-ring (bicyclic) bond motifs is 1. The molecule has 1 aliphatic rings. The maximum Gasteiger partial charge on any atom is 0.235 e. The zero-order valence-corrected chi connectivity index (χ0v) is 12.2. The number of nitrogens with one attached hydrogen (secondary N) is 2. The summed E-state index contributed by atoms with van der Waals surface area (Å²) >= 11 is 0. The topological polar surface area (TPSA) is 57.8 Å². The van der Waals surface area contributed by atoms with Gasteiger partial charge in [0.05, 0.1) is 22.8 Å². The van der Waals surface area contributed by atoms with Crippen molar-refractivity contribution in [2.75, 3.05) is 5.32 Å². The second-order valence-corrected chi connectivity index (χ2v) is 5.89. The first-order valence-electron chi connectivity index (χ1n) is 7.58. The fourth-order valence-corrected chi connectivity index (χ4v) is 3.20. The molecule has 1 fully saturated rings. The Morgan fingerprint density at radius 2 is 1.95 bits per heavy atom. The molecule has 1 saturated carbocycles. The minimum atomic E-state index is -0.371. The Kier molecular flexibility index (Phi) is 2.96. The van der Waals surface area contributed by atoms with Crippen molar-refractivity contribution in [1.29, 1.82) is 0 Å². The van der Waals surface area contributed by atoms with Gasteiger partial charge in [0.1, 0.15) is 0 Å². The molecule has 0 aliphatic heterocycles. The first-order valence-corrected chi connectivity index (χ1v) is 7.58. The maximum absolute atomic E-state index is 12.9. The van der Waals surface area contributed by atoms with Crippen LogP contribution in [0.2, 0.25) is 0 Å². The summed E-state index contributed by atoms with van der Waals surface area (Å²) in [7, 11) is 0. The van der Waals surface area contributed by atoms with Gasteiger partial charge in [-0.25, -0.2) is 4.98 Å². The third kappa shape index (κ3) is 1.99. The van der Waals surface area contributed by atoms with Crippen LogP contribution in [0.4, 0.5) is 5.69 Å². The molecular weight excluding hydrogens is 274 g/mol. The standard InChI is InChI=1S/C18H17N3O/c22-17(18(9-4-10-18)13-5-2-1-3-6-13)21-14-7-8-15-16(11-14)20-12-19-15/h1-3,5-8,11-12H,4,9-10H2,(H,19,20)(H,21,22). The number of amides is 1. The van der Waals surface area contributed by atoms with Crippen molar-refractivity contribution in [1.82, 2.24) is 9.97 Å². The number of carbonyl (C=O) groups excluding carboxylic acids is 1. The molecule has 0 atom stereocenters. The van der Waals surface area contributed by atoms with Gasteiger partial charge in [-0.05, 0) is 36.6 Å². The Labute approximate surface area is 128 Å². The Balaban J connectivity index is 1.63. The van der Waals surface area contributed by atoms with E-state index in [0.717, 1.165) is 41.5 Å². The van der Waals surface area contributed by atoms with E-state index in [9.17, 15) is 4.79 Å². The van der Waals surface area contributed by atoms with Gasteiger partial charge in [0.15, 0.2) is 0 Å². The molecule has 4 heteroatoms. The van der Waals surface area contributed by atoms with Crippen molar-refractivity contribution < 1.29 is 4.79 Å². The number of carbonyl (C=O) groups is 1. The largest absolute Gasteiger partial charge is 0.345 e. The molecule has 2 aromatic carbocycles. The zero-order valence-electron chi connectivity index (χ0n) is 12.2. The zero-order chi connectivity index (χ0) is 15.0. The van der Waals surface area contributed by atoms with Crippen LogP contribution >= 0.6 is 0 Å². The van der Waals surface area contributed by atoms with Crippen molar-refractivity contribution in [3.8, 4) is 0 Å². The second kappa shape index (κ2) is 4.98. The smallest absolute Gasteiger partial charge is 0.235 e. The van der Waals surface area contributed by atoms with Gasteiger partial charge in [-0.1, -0.05) is 36.8 Å². The van der Waals surface area contributed by atoms with E-state index in [-0.39, 0.29) is 11.3 Å². The Hall–Kier alpha value is -2.62. The van der Waals surface area contributed by atoms with Crippen LogP contribution in [0.25, 0.3) is 11.0 Å². The van der Waals surface area contributed by atoms with Crippen LogP contribution in [-0.4, -0.2) is 15.9 Å². The fraction of sp³-hybridized carbons (Fsp3) is 0.222. The highest BCUT2D eigenvalue weighted by atomic mass is 16.2. The summed E-state index contributed by atoms with van der Waals surface area (Å²) in [5, 5.41) is 3.08. The van der Waals surface area contributed by atoms with Crippen LogP contribution in [0.1, 0.15) is 24.8 Å². The molecule has 0 spiro atoms. The third-order valence-corrected chi connectivity index (χ3v) is 4.65. The van der Waals surface area contributed by atoms with Gasteiger partial charge in [-0.2, -0.15) is 0 Å². The molecule has 110 valence electrons. The Bertz CT molecular complexity index is 818. The van der Waals surface area contributed by atoms with E-state index in [1.54, 1.807) is 6.33 Å². The predicted molar refractivity (Wildman–Crippen MR) is 86.7 cm³/mol. The number of H-pyrrole nitrogens is 1. The molecule has 1 amide bonds. The summed E-state index contributed by atoms with van der Waals surface area (Å²) in [4.78, 5) is 20.1. The molecule has 2 N–H and O–H groups in total. The normalized spacial score (nSPS) is 16.2. The minimum absolute atomic E-state index is 0.0869. The number of aromatic amines is 1. The number of imidazole rings is 1. The van der Waals surface area contributed by atoms with Crippen molar-refractivity contribution in [3.63, 3.8) is 0 Å². The average molecular weight is 291 g/mol. The number of benzene rings is 2. The summed E-state index contributed by atoms with van der Waals surface area (Å²) in [5.41, 5.74) is 3.38. The lowest BCUT2D eigenvalue weighted by Gasteiger charge is -2.40. The van der Waals surface area contributed by atoms with Crippen molar-refractivity contribution in [2.45, 2.75) is 24.7 Å². The highest BCUT2D eigenvalue weighted by Crippen LogP contribution is 2.44. The number of anilines is 1. The molecule has 1 heterocycles. The summed E-state index contributed by atoms with van der Waals surface area (Å²) in [5.74, 6) is 0.0869. The Morgan fingerprint density at radius 1 is 1.14 bits per heavy atom. The predicted octanol–water partition coefficient (Wildman–Crippen LogP) is 3.62. The number of nitrogens with zero attached hydrogens (tertiary/aromatic N) is 1. The van der Waals surface area contributed by atoms with Crippen LogP contribution in [0.5, 0.6) is 0 Å². The highest BCUT2D eigenvalue weighted by molar-refractivity contribution is 6.00. The third-order valence-electron chi connectivity index (χ3n) is 4.65. The SMILES string of the molecule is O=C(Nc1ccc2nc[nH]c2c1)C1(c2ccccc2)CCC1. The molecule has 0 radical (unpaired) electrons. The van der Waals surface area contributed by atoms with Crippen LogP contribution < -0.4 is 5.32 Å². The van der Waals surface area contributed by atoms with Gasteiger partial charge < -0.3 is 10.3 Å². The Morgan fingerprint density at radius 3 is 2.68 bits per heavy atom. The summed E-state index contributed by atoms with van der Waals surface area (Å²) in [6.45, 7) is 0. The first kappa shape index (κ1) is 13.1. The molecule has 0 bridgehead atoms. The van der Waals surface area contributed by atoms with Crippen LogP contribution in [0, 0.1) is 0 Å². The molecule has 3 aromatic rings. The van der Waals surface area contributed by atoms with E-state index >= 15 is 0 Å². The average Bonchev–Trinajstić information content (AvgIpc) is 2.95. The van der Waals surface area contributed by atoms with Gasteiger partial charge in [-0.15, -0.1) is 0 Å². The minimum Gasteiger partial charge on any atom is -0.345 e. The highest BCUT2D eigenvalue weighted by Gasteiger charge is 2.45. The van der Waals surface area contributed by atoms with E-state index in [1.807, 2.05) is 36.4 Å². The van der Waals surface area contributed by atoms with Crippen LogP contribution in [-0.2, 0) is 10.2 Å². The number of rotatable bonds is 3. The molecule has 4 nitrogen and oxygen atoms in total. The first-order chi connectivity index (χ1) is 10.8. The van der Waals surface area contributed by atoms with Gasteiger partial charge >= 0.3 is 0 Å². The quantitative estimate of drug-likeness (QED) is 0.774. The lowest BCUT2D eigenvalue weighted by atomic mass is 9.64. The van der Waals surface area contributed by atoms with Gasteiger partial charge in [0.25, 0.3) is 0 Å². The van der Waals surface area contributed by atoms with Gasteiger partial charge in [0.2, 0.25) is 5.91 Å². The van der Waals surface area contributed by atoms with E-state index in [4.69, 9.17) is 0 Å². The van der Waals surface area contributed by atoms with Crippen molar-refractivity contribution in [2.24, 2.45) is 0 Å². The van der Waals surface area contributed by atoms with Crippen molar-refractivity contribution in [3.05, 3.63) is 60.4 Å². The van der Waals surface area contributed by atoms with E-state index < -0.39 is 0 Å². The van der Waals surface area contributed by atoms with Crippen molar-refractivity contribution >= 4 is 22.6 Å². The number of hydrogen-bond acceptors (Lipinski definition) is 2. The van der Waals surface area contributed by atoms with Gasteiger partial charge in [-0.3, -0.25) is 4.79 Å². The number of hydrogen-bond donors (Lipinski definition) is 2. The lowest BCUT2D eigenvalue weighted by Crippen LogP contribution is -2.45. The molecule has 1 aromatic heterocycles. The van der Waals surface area contributed by atoms with Gasteiger partial charge in [0, 0.05) is 5.69 Å². The summed E-state index contributed by atoms with van der Waals surface area (Å²) in [6.07, 6.45) is 4.58. The van der Waals surface area contributed by atoms with E-state index in [2.05, 4.69) is 27.4 Å². The summed E-state index contributed by atoms with van der Waals surface area (Å²) in [6, 6.07) is 15.8. The lowest BCUT2D eigenvalue weighted by molar-refractivity contribution is -0.124. The molecule has 22 heavy (non-hydrogen) atoms. The molecular formula is C18H17N3O. The molecule has 0 saturated heterocycles. The number of aromatic nitrogens is 2. The maximum atomic E-state index is 12.9. The fourth-order valence-electron chi connectivity index (χ4n) is 3.20. The van der Waals surface area contributed by atoms with Crippen LogP contribution in [0.15, 0.2) is 54.9 Å². The second-order valence-electron chi connectivity index (χ2n) is 5.89. The van der Waals surface area contributed by atoms with E-state index in [0.29, 0.717) is 0 Å². The molecule has 1 aliphatic carbocycles. The van der Waals surface area contributed by atoms with Crippen LogP contribution in [0.3, 0.4) is 0 Å². The van der Waals surface area contributed by atoms with E-state index in [1.165, 1.54) is 0 Å². The monoisotopic (exact) mass is 291 g/mol.